The molecule has 15 heavy (non-hydrogen) atoms. The van der Waals surface area contributed by atoms with Gasteiger partial charge in [-0.05, 0) is 45.7 Å². The van der Waals surface area contributed by atoms with Gasteiger partial charge in [0.05, 0.1) is 6.10 Å². The van der Waals surface area contributed by atoms with E-state index in [-0.39, 0.29) is 0 Å². The van der Waals surface area contributed by atoms with Crippen molar-refractivity contribution in [3.05, 3.63) is 0 Å². The van der Waals surface area contributed by atoms with Gasteiger partial charge < -0.3 is 15.4 Å². The molecule has 0 spiro atoms. The zero-order valence-corrected chi connectivity index (χ0v) is 10.4. The molecule has 0 aromatic carbocycles. The number of ether oxygens (including phenoxy) is 1. The Labute approximate surface area is 94.0 Å². The highest BCUT2D eigenvalue weighted by Crippen LogP contribution is 2.21. The van der Waals surface area contributed by atoms with Crippen LogP contribution >= 0.6 is 0 Å². The average molecular weight is 214 g/mol. The second-order valence-corrected chi connectivity index (χ2v) is 4.51. The predicted molar refractivity (Wildman–Crippen MR) is 64.2 cm³/mol. The van der Waals surface area contributed by atoms with E-state index in [2.05, 4.69) is 24.5 Å². The van der Waals surface area contributed by atoms with Gasteiger partial charge in [-0.25, -0.2) is 0 Å². The molecule has 3 heteroatoms. The highest BCUT2D eigenvalue weighted by molar-refractivity contribution is 4.84. The highest BCUT2D eigenvalue weighted by Gasteiger charge is 2.26. The Balaban J connectivity index is 2.08. The van der Waals surface area contributed by atoms with Crippen molar-refractivity contribution >= 4 is 0 Å². The van der Waals surface area contributed by atoms with Crippen LogP contribution in [0.4, 0.5) is 0 Å². The van der Waals surface area contributed by atoms with E-state index in [1.54, 1.807) is 0 Å². The van der Waals surface area contributed by atoms with E-state index in [1.807, 2.05) is 7.11 Å². The Morgan fingerprint density at radius 2 is 2.20 bits per heavy atom. The van der Waals surface area contributed by atoms with E-state index in [0.717, 1.165) is 13.1 Å². The summed E-state index contributed by atoms with van der Waals surface area (Å²) in [5.41, 5.74) is 0. The standard InChI is InChI=1S/C12H26N2O/c1-4-13-10(2)8-9-14-11-6-5-7-12(11)15-3/h10-14H,4-9H2,1-3H3. The summed E-state index contributed by atoms with van der Waals surface area (Å²) in [7, 11) is 1.83. The van der Waals surface area contributed by atoms with Crippen LogP contribution in [0.5, 0.6) is 0 Å². The second-order valence-electron chi connectivity index (χ2n) is 4.51. The van der Waals surface area contributed by atoms with Crippen molar-refractivity contribution in [3.63, 3.8) is 0 Å². The monoisotopic (exact) mass is 214 g/mol. The number of hydrogen-bond donors (Lipinski definition) is 2. The average Bonchev–Trinajstić information content (AvgIpc) is 2.66. The summed E-state index contributed by atoms with van der Waals surface area (Å²) in [5.74, 6) is 0. The first-order valence-corrected chi connectivity index (χ1v) is 6.27. The molecule has 0 aromatic rings. The van der Waals surface area contributed by atoms with Crippen LogP contribution in [0.15, 0.2) is 0 Å². The topological polar surface area (TPSA) is 33.3 Å². The molecule has 3 nitrogen and oxygen atoms in total. The first-order valence-electron chi connectivity index (χ1n) is 6.27. The van der Waals surface area contributed by atoms with Crippen LogP contribution in [0.1, 0.15) is 39.5 Å². The van der Waals surface area contributed by atoms with Crippen molar-refractivity contribution in [2.24, 2.45) is 0 Å². The molecule has 90 valence electrons. The normalized spacial score (nSPS) is 28.2. The number of nitrogens with one attached hydrogen (secondary N) is 2. The summed E-state index contributed by atoms with van der Waals surface area (Å²) in [4.78, 5) is 0. The molecule has 1 aliphatic carbocycles. The van der Waals surface area contributed by atoms with Gasteiger partial charge >= 0.3 is 0 Å². The maximum absolute atomic E-state index is 5.45. The van der Waals surface area contributed by atoms with Crippen molar-refractivity contribution in [1.29, 1.82) is 0 Å². The first-order chi connectivity index (χ1) is 7.27. The second kappa shape index (κ2) is 7.20. The SMILES string of the molecule is CCNC(C)CCNC1CCCC1OC. The van der Waals surface area contributed by atoms with Crippen LogP contribution < -0.4 is 10.6 Å². The fourth-order valence-electron chi connectivity index (χ4n) is 2.38. The van der Waals surface area contributed by atoms with Gasteiger partial charge in [-0.2, -0.15) is 0 Å². The lowest BCUT2D eigenvalue weighted by molar-refractivity contribution is 0.0850. The zero-order valence-electron chi connectivity index (χ0n) is 10.4. The van der Waals surface area contributed by atoms with Crippen LogP contribution in [-0.4, -0.2) is 38.4 Å². The molecule has 0 aromatic heterocycles. The van der Waals surface area contributed by atoms with E-state index in [9.17, 15) is 0 Å². The van der Waals surface area contributed by atoms with Crippen LogP contribution in [0, 0.1) is 0 Å². The maximum Gasteiger partial charge on any atom is 0.0724 e. The summed E-state index contributed by atoms with van der Waals surface area (Å²) >= 11 is 0. The van der Waals surface area contributed by atoms with Gasteiger partial charge in [0.25, 0.3) is 0 Å². The number of methoxy groups -OCH3 is 1. The molecule has 0 aliphatic heterocycles. The lowest BCUT2D eigenvalue weighted by Gasteiger charge is -2.21. The molecule has 1 aliphatic rings. The molecule has 1 saturated carbocycles. The molecule has 0 radical (unpaired) electrons. The van der Waals surface area contributed by atoms with Gasteiger partial charge in [-0.1, -0.05) is 6.92 Å². The number of rotatable bonds is 7. The molecule has 0 heterocycles. The smallest absolute Gasteiger partial charge is 0.0724 e. The quantitative estimate of drug-likeness (QED) is 0.674. The van der Waals surface area contributed by atoms with E-state index >= 15 is 0 Å². The minimum Gasteiger partial charge on any atom is -0.380 e. The molecular formula is C12H26N2O. The third-order valence-corrected chi connectivity index (χ3v) is 3.29. The van der Waals surface area contributed by atoms with Crippen molar-refractivity contribution in [2.45, 2.75) is 57.7 Å². The maximum atomic E-state index is 5.45. The lowest BCUT2D eigenvalue weighted by Crippen LogP contribution is -2.39. The van der Waals surface area contributed by atoms with Crippen LogP contribution in [0.3, 0.4) is 0 Å². The zero-order chi connectivity index (χ0) is 11.1. The highest BCUT2D eigenvalue weighted by atomic mass is 16.5. The van der Waals surface area contributed by atoms with Gasteiger partial charge in [-0.15, -0.1) is 0 Å². The Morgan fingerprint density at radius 3 is 2.87 bits per heavy atom. The van der Waals surface area contributed by atoms with E-state index < -0.39 is 0 Å². The molecule has 1 fully saturated rings. The molecule has 2 N–H and O–H groups in total. The number of hydrogen-bond acceptors (Lipinski definition) is 3. The summed E-state index contributed by atoms with van der Waals surface area (Å²) < 4.78 is 5.45. The Morgan fingerprint density at radius 1 is 1.40 bits per heavy atom. The minimum atomic E-state index is 0.444. The summed E-state index contributed by atoms with van der Waals surface area (Å²) in [5, 5.41) is 7.03. The molecular weight excluding hydrogens is 188 g/mol. The minimum absolute atomic E-state index is 0.444. The Kier molecular flexibility index (Phi) is 6.22. The van der Waals surface area contributed by atoms with Gasteiger partial charge in [0, 0.05) is 19.2 Å². The summed E-state index contributed by atoms with van der Waals surface area (Å²) in [6.07, 6.45) is 5.43. The van der Waals surface area contributed by atoms with Crippen LogP contribution in [0.25, 0.3) is 0 Å². The van der Waals surface area contributed by atoms with Gasteiger partial charge in [0.2, 0.25) is 0 Å². The van der Waals surface area contributed by atoms with Gasteiger partial charge in [0.15, 0.2) is 0 Å². The van der Waals surface area contributed by atoms with Crippen LogP contribution in [-0.2, 0) is 4.74 Å². The first kappa shape index (κ1) is 12.9. The van der Waals surface area contributed by atoms with E-state index in [4.69, 9.17) is 4.74 Å². The fourth-order valence-corrected chi connectivity index (χ4v) is 2.38. The Bertz CT molecular complexity index is 164. The van der Waals surface area contributed by atoms with Crippen LogP contribution in [0.2, 0.25) is 0 Å². The largest absolute Gasteiger partial charge is 0.380 e. The molecule has 1 rings (SSSR count). The van der Waals surface area contributed by atoms with Gasteiger partial charge in [0.1, 0.15) is 0 Å². The molecule has 0 amide bonds. The van der Waals surface area contributed by atoms with Crippen molar-refractivity contribution in [2.75, 3.05) is 20.2 Å². The van der Waals surface area contributed by atoms with Crippen molar-refractivity contribution in [3.8, 4) is 0 Å². The lowest BCUT2D eigenvalue weighted by atomic mass is 10.2. The van der Waals surface area contributed by atoms with Crippen molar-refractivity contribution < 1.29 is 4.74 Å². The third-order valence-electron chi connectivity index (χ3n) is 3.29. The van der Waals surface area contributed by atoms with Gasteiger partial charge in [-0.3, -0.25) is 0 Å². The van der Waals surface area contributed by atoms with E-state index in [0.29, 0.717) is 18.2 Å². The molecule has 3 atom stereocenters. The van der Waals surface area contributed by atoms with E-state index in [1.165, 1.54) is 25.7 Å². The summed E-state index contributed by atoms with van der Waals surface area (Å²) in [6, 6.07) is 1.20. The van der Waals surface area contributed by atoms with Crippen molar-refractivity contribution in [1.82, 2.24) is 10.6 Å². The fraction of sp³-hybridized carbons (Fsp3) is 1.00. The molecule has 3 unspecified atom stereocenters. The Hall–Kier alpha value is -0.120. The summed E-state index contributed by atoms with van der Waals surface area (Å²) in [6.45, 7) is 6.56. The third kappa shape index (κ3) is 4.49. The molecule has 0 bridgehead atoms. The predicted octanol–water partition coefficient (Wildman–Crippen LogP) is 1.53. The molecule has 0 saturated heterocycles.